The number of ether oxygens (including phenoxy) is 3. The molecule has 2 aromatic carbocycles. The molecule has 0 N–H and O–H groups in total. The van der Waals surface area contributed by atoms with Gasteiger partial charge in [-0.2, -0.15) is 0 Å². The summed E-state index contributed by atoms with van der Waals surface area (Å²) < 4.78 is 15.9. The first-order valence-electron chi connectivity index (χ1n) is 12.3. The van der Waals surface area contributed by atoms with Crippen molar-refractivity contribution < 1.29 is 19.0 Å². The molecule has 2 aromatic rings. The van der Waals surface area contributed by atoms with Gasteiger partial charge in [-0.1, -0.05) is 12.1 Å². The molecule has 3 rings (SSSR count). The average Bonchev–Trinajstić information content (AvgIpc) is 2.86. The molecule has 6 nitrogen and oxygen atoms in total. The fourth-order valence-electron chi connectivity index (χ4n) is 4.98. The lowest BCUT2D eigenvalue weighted by Crippen LogP contribution is -2.42. The van der Waals surface area contributed by atoms with Gasteiger partial charge in [-0.3, -0.25) is 0 Å². The van der Waals surface area contributed by atoms with Gasteiger partial charge in [0, 0.05) is 31.4 Å². The molecular weight excluding hydrogens is 428 g/mol. The van der Waals surface area contributed by atoms with Gasteiger partial charge in [0.1, 0.15) is 12.4 Å². The van der Waals surface area contributed by atoms with E-state index in [4.69, 9.17) is 14.2 Å². The van der Waals surface area contributed by atoms with Crippen LogP contribution in [0.5, 0.6) is 5.75 Å². The van der Waals surface area contributed by atoms with Gasteiger partial charge in [-0.25, -0.2) is 4.79 Å². The summed E-state index contributed by atoms with van der Waals surface area (Å²) in [5, 5.41) is 0. The molecule has 0 aromatic heterocycles. The number of carbonyl (C=O) groups is 1. The first kappa shape index (κ1) is 26.0. The van der Waals surface area contributed by atoms with Crippen molar-refractivity contribution in [3.05, 3.63) is 47.5 Å². The fourth-order valence-corrected chi connectivity index (χ4v) is 4.98. The first-order valence-corrected chi connectivity index (χ1v) is 12.3. The number of esters is 1. The predicted octanol–water partition coefficient (Wildman–Crippen LogP) is 5.17. The zero-order chi connectivity index (χ0) is 24.7. The van der Waals surface area contributed by atoms with E-state index < -0.39 is 0 Å². The van der Waals surface area contributed by atoms with Gasteiger partial charge in [0.15, 0.2) is 0 Å². The lowest BCUT2D eigenvalue weighted by molar-refractivity contribution is 0.0600. The zero-order valence-electron chi connectivity index (χ0n) is 21.6. The van der Waals surface area contributed by atoms with Crippen molar-refractivity contribution in [3.63, 3.8) is 0 Å². The summed E-state index contributed by atoms with van der Waals surface area (Å²) in [6.07, 6.45) is 4.70. The van der Waals surface area contributed by atoms with E-state index in [1.54, 1.807) is 7.11 Å². The molecule has 0 spiro atoms. The lowest BCUT2D eigenvalue weighted by atomic mass is 9.88. The average molecular weight is 469 g/mol. The van der Waals surface area contributed by atoms with Crippen molar-refractivity contribution in [2.24, 2.45) is 0 Å². The third kappa shape index (κ3) is 6.10. The highest BCUT2D eigenvalue weighted by Gasteiger charge is 2.28. The maximum atomic E-state index is 12.7. The minimum atomic E-state index is -0.299. The van der Waals surface area contributed by atoms with Crippen molar-refractivity contribution in [2.45, 2.75) is 51.6 Å². The second kappa shape index (κ2) is 12.2. The highest BCUT2D eigenvalue weighted by molar-refractivity contribution is 5.95. The minimum Gasteiger partial charge on any atom is -0.491 e. The summed E-state index contributed by atoms with van der Waals surface area (Å²) >= 11 is 0. The van der Waals surface area contributed by atoms with Crippen LogP contribution in [0.15, 0.2) is 36.4 Å². The maximum Gasteiger partial charge on any atom is 0.338 e. The Bertz CT molecular complexity index is 934. The first-order chi connectivity index (χ1) is 16.4. The molecule has 6 heteroatoms. The molecule has 34 heavy (non-hydrogen) atoms. The lowest BCUT2D eigenvalue weighted by Gasteiger charge is -2.40. The van der Waals surface area contributed by atoms with Crippen molar-refractivity contribution in [1.29, 1.82) is 0 Å². The van der Waals surface area contributed by atoms with Crippen molar-refractivity contribution in [2.75, 3.05) is 53.0 Å². The molecule has 0 bridgehead atoms. The Morgan fingerprint density at radius 1 is 0.941 bits per heavy atom. The van der Waals surface area contributed by atoms with Crippen LogP contribution in [-0.2, 0) is 9.47 Å². The van der Waals surface area contributed by atoms with Crippen LogP contribution in [-0.4, -0.2) is 71.0 Å². The topological polar surface area (TPSA) is 51.2 Å². The number of hydrogen-bond acceptors (Lipinski definition) is 6. The van der Waals surface area contributed by atoms with Crippen LogP contribution in [0, 0.1) is 6.92 Å². The Labute approximate surface area is 204 Å². The number of methoxy groups -OCH3 is 2. The second-order valence-electron chi connectivity index (χ2n) is 9.24. The molecule has 0 atom stereocenters. The predicted molar refractivity (Wildman–Crippen MR) is 138 cm³/mol. The number of carbonyl (C=O) groups excluding carboxylic acids is 1. The molecule has 186 valence electrons. The van der Waals surface area contributed by atoms with Crippen LogP contribution < -0.4 is 9.64 Å². The molecule has 0 radical (unpaired) electrons. The van der Waals surface area contributed by atoms with Crippen molar-refractivity contribution in [3.8, 4) is 16.9 Å². The summed E-state index contributed by atoms with van der Waals surface area (Å²) in [7, 11) is 7.45. The third-order valence-electron chi connectivity index (χ3n) is 7.02. The van der Waals surface area contributed by atoms with E-state index in [1.807, 2.05) is 37.3 Å². The van der Waals surface area contributed by atoms with Crippen molar-refractivity contribution in [1.82, 2.24) is 4.90 Å². The normalized spacial score (nSPS) is 18.1. The van der Waals surface area contributed by atoms with Crippen LogP contribution in [0.25, 0.3) is 11.1 Å². The Morgan fingerprint density at radius 2 is 1.59 bits per heavy atom. The van der Waals surface area contributed by atoms with Gasteiger partial charge in [0.2, 0.25) is 0 Å². The second-order valence-corrected chi connectivity index (χ2v) is 9.24. The maximum absolute atomic E-state index is 12.7. The summed E-state index contributed by atoms with van der Waals surface area (Å²) in [5.74, 6) is 0.502. The Balaban J connectivity index is 1.94. The Morgan fingerprint density at radius 3 is 2.15 bits per heavy atom. The van der Waals surface area contributed by atoms with Crippen LogP contribution in [0.3, 0.4) is 0 Å². The standard InChI is InChI=1S/C28H40N2O4/c1-7-30(24-12-10-23(11-13-24)29(3)4)27-19-22(18-26(20(27)2)28(31)33-6)21-8-14-25(15-9-21)34-17-16-32-5/h8-9,14-15,18-19,23-24H,7,10-13,16-17H2,1-6H3/t23-,24-. The molecular formula is C28H40N2O4. The number of hydrogen-bond donors (Lipinski definition) is 0. The number of rotatable bonds is 10. The van der Waals surface area contributed by atoms with E-state index in [0.29, 0.717) is 30.9 Å². The molecule has 0 unspecified atom stereocenters. The summed E-state index contributed by atoms with van der Waals surface area (Å²) in [5.41, 5.74) is 4.76. The highest BCUT2D eigenvalue weighted by atomic mass is 16.5. The molecule has 0 amide bonds. The van der Waals surface area contributed by atoms with Gasteiger partial charge in [0.25, 0.3) is 0 Å². The summed E-state index contributed by atoms with van der Waals surface area (Å²) in [6, 6.07) is 13.3. The van der Waals surface area contributed by atoms with Crippen LogP contribution in [0.4, 0.5) is 5.69 Å². The number of nitrogens with zero attached hydrogens (tertiary/aromatic N) is 2. The minimum absolute atomic E-state index is 0.299. The fraction of sp³-hybridized carbons (Fsp3) is 0.536. The Hall–Kier alpha value is -2.57. The smallest absolute Gasteiger partial charge is 0.338 e. The van der Waals surface area contributed by atoms with E-state index in [2.05, 4.69) is 36.9 Å². The third-order valence-corrected chi connectivity index (χ3v) is 7.02. The number of anilines is 1. The monoisotopic (exact) mass is 468 g/mol. The summed E-state index contributed by atoms with van der Waals surface area (Å²) in [6.45, 7) is 6.20. The van der Waals surface area contributed by atoms with Gasteiger partial charge < -0.3 is 24.0 Å². The largest absolute Gasteiger partial charge is 0.491 e. The van der Waals surface area contributed by atoms with Crippen molar-refractivity contribution >= 4 is 11.7 Å². The quantitative estimate of drug-likeness (QED) is 0.354. The summed E-state index contributed by atoms with van der Waals surface area (Å²) in [4.78, 5) is 17.5. The van der Waals surface area contributed by atoms with E-state index in [0.717, 1.165) is 47.5 Å². The van der Waals surface area contributed by atoms with Gasteiger partial charge >= 0.3 is 5.97 Å². The highest BCUT2D eigenvalue weighted by Crippen LogP contribution is 2.36. The van der Waals surface area contributed by atoms with Gasteiger partial charge in [-0.05, 0) is 94.6 Å². The van der Waals surface area contributed by atoms with E-state index in [-0.39, 0.29) is 5.97 Å². The van der Waals surface area contributed by atoms with Crippen LogP contribution in [0.2, 0.25) is 0 Å². The molecule has 0 aliphatic heterocycles. The molecule has 1 saturated carbocycles. The molecule has 0 saturated heterocycles. The molecule has 1 fully saturated rings. The Kier molecular flexibility index (Phi) is 9.36. The van der Waals surface area contributed by atoms with Gasteiger partial charge in [-0.15, -0.1) is 0 Å². The van der Waals surface area contributed by atoms with Gasteiger partial charge in [0.05, 0.1) is 19.3 Å². The molecule has 1 aliphatic rings. The van der Waals surface area contributed by atoms with E-state index in [1.165, 1.54) is 20.0 Å². The van der Waals surface area contributed by atoms with E-state index in [9.17, 15) is 4.79 Å². The number of benzene rings is 2. The molecule has 1 aliphatic carbocycles. The SMILES string of the molecule is CCN(c1cc(-c2ccc(OCCOC)cc2)cc(C(=O)OC)c1C)[C@H]1CC[C@H](N(C)C)CC1. The van der Waals surface area contributed by atoms with Crippen LogP contribution >= 0.6 is 0 Å². The molecule has 0 heterocycles. The van der Waals surface area contributed by atoms with E-state index >= 15 is 0 Å². The zero-order valence-corrected chi connectivity index (χ0v) is 21.6. The van der Waals surface area contributed by atoms with Crippen LogP contribution in [0.1, 0.15) is 48.5 Å².